The standard InChI is InChI=1S/C20H29NO2/c1-20-9-8-15-14-7-5-13(23-3)10-12(14)4-6-16(15)17(20)11-18(22)19(20)21-2/h5,7,10,15-19,21-22H,4,6,8-9,11H2,1-3H3/t15-,16-,17+,18+,19-,20+/m1/s1. The van der Waals surface area contributed by atoms with E-state index in [0.717, 1.165) is 24.5 Å². The molecule has 2 N–H and O–H groups in total. The van der Waals surface area contributed by atoms with Crippen LogP contribution in [0.5, 0.6) is 5.75 Å². The molecular weight excluding hydrogens is 286 g/mol. The topological polar surface area (TPSA) is 41.5 Å². The number of rotatable bonds is 2. The molecule has 1 aromatic rings. The van der Waals surface area contributed by atoms with Gasteiger partial charge in [0.15, 0.2) is 0 Å². The van der Waals surface area contributed by atoms with E-state index in [1.54, 1.807) is 12.7 Å². The minimum Gasteiger partial charge on any atom is -0.497 e. The van der Waals surface area contributed by atoms with Crippen molar-refractivity contribution in [3.05, 3.63) is 29.3 Å². The summed E-state index contributed by atoms with van der Waals surface area (Å²) in [5.41, 5.74) is 3.28. The Labute approximate surface area is 139 Å². The number of fused-ring (bicyclic) bond motifs is 5. The number of hydrogen-bond acceptors (Lipinski definition) is 3. The zero-order valence-corrected chi connectivity index (χ0v) is 14.5. The van der Waals surface area contributed by atoms with Crippen molar-refractivity contribution in [3.63, 3.8) is 0 Å². The Morgan fingerprint density at radius 2 is 2.13 bits per heavy atom. The van der Waals surface area contributed by atoms with Crippen LogP contribution in [-0.2, 0) is 6.42 Å². The summed E-state index contributed by atoms with van der Waals surface area (Å²) in [7, 11) is 3.76. The zero-order chi connectivity index (χ0) is 16.2. The molecule has 1 aromatic carbocycles. The number of likely N-dealkylation sites (N-methyl/N-ethyl adjacent to an activating group) is 1. The largest absolute Gasteiger partial charge is 0.497 e. The number of nitrogens with one attached hydrogen (secondary N) is 1. The summed E-state index contributed by atoms with van der Waals surface area (Å²) >= 11 is 0. The average molecular weight is 315 g/mol. The van der Waals surface area contributed by atoms with Gasteiger partial charge in [-0.3, -0.25) is 0 Å². The molecule has 3 heteroatoms. The summed E-state index contributed by atoms with van der Waals surface area (Å²) in [6.45, 7) is 2.41. The van der Waals surface area contributed by atoms with Crippen LogP contribution in [-0.4, -0.2) is 31.4 Å². The number of aryl methyl sites for hydroxylation is 1. The molecule has 6 atom stereocenters. The van der Waals surface area contributed by atoms with Gasteiger partial charge >= 0.3 is 0 Å². The van der Waals surface area contributed by atoms with E-state index < -0.39 is 0 Å². The smallest absolute Gasteiger partial charge is 0.119 e. The lowest BCUT2D eigenvalue weighted by molar-refractivity contribution is 0.0382. The van der Waals surface area contributed by atoms with E-state index in [1.165, 1.54) is 24.8 Å². The maximum atomic E-state index is 10.6. The van der Waals surface area contributed by atoms with Gasteiger partial charge in [-0.1, -0.05) is 13.0 Å². The van der Waals surface area contributed by atoms with Gasteiger partial charge in [0.05, 0.1) is 13.2 Å². The lowest BCUT2D eigenvalue weighted by Crippen LogP contribution is -2.49. The summed E-state index contributed by atoms with van der Waals surface area (Å²) in [6.07, 6.45) is 5.66. The Bertz CT molecular complexity index is 601. The van der Waals surface area contributed by atoms with Gasteiger partial charge < -0.3 is 15.2 Å². The SMILES string of the molecule is CN[C@@H]1[C@@H](O)C[C@H]2[C@@H]3CCc4cc(OC)ccc4[C@H]3CC[C@]12C. The van der Waals surface area contributed by atoms with Crippen molar-refractivity contribution in [1.29, 1.82) is 0 Å². The minimum absolute atomic E-state index is 0.189. The molecule has 0 aromatic heterocycles. The van der Waals surface area contributed by atoms with E-state index in [9.17, 15) is 5.11 Å². The molecule has 0 aliphatic heterocycles. The fraction of sp³-hybridized carbons (Fsp3) is 0.700. The van der Waals surface area contributed by atoms with Crippen molar-refractivity contribution in [2.24, 2.45) is 17.3 Å². The van der Waals surface area contributed by atoms with E-state index >= 15 is 0 Å². The molecule has 126 valence electrons. The monoisotopic (exact) mass is 315 g/mol. The highest BCUT2D eigenvalue weighted by Gasteiger charge is 2.57. The van der Waals surface area contributed by atoms with Crippen molar-refractivity contribution in [2.45, 2.75) is 57.1 Å². The lowest BCUT2D eigenvalue weighted by Gasteiger charge is -2.50. The van der Waals surface area contributed by atoms with E-state index in [-0.39, 0.29) is 17.6 Å². The third-order valence-corrected chi connectivity index (χ3v) is 7.27. The highest BCUT2D eigenvalue weighted by molar-refractivity contribution is 5.40. The van der Waals surface area contributed by atoms with Gasteiger partial charge in [0.25, 0.3) is 0 Å². The number of benzene rings is 1. The van der Waals surface area contributed by atoms with Gasteiger partial charge in [0.1, 0.15) is 5.75 Å². The van der Waals surface area contributed by atoms with Crippen LogP contribution in [0.25, 0.3) is 0 Å². The summed E-state index contributed by atoms with van der Waals surface area (Å²) in [4.78, 5) is 0. The first-order valence-corrected chi connectivity index (χ1v) is 9.10. The molecule has 0 amide bonds. The molecule has 0 heterocycles. The predicted molar refractivity (Wildman–Crippen MR) is 91.8 cm³/mol. The van der Waals surface area contributed by atoms with Gasteiger partial charge in [0.2, 0.25) is 0 Å². The van der Waals surface area contributed by atoms with Crippen LogP contribution in [0.3, 0.4) is 0 Å². The molecule has 23 heavy (non-hydrogen) atoms. The quantitative estimate of drug-likeness (QED) is 0.881. The normalized spacial score (nSPS) is 41.8. The van der Waals surface area contributed by atoms with Gasteiger partial charge in [-0.05, 0) is 85.6 Å². The van der Waals surface area contributed by atoms with Gasteiger partial charge in [-0.25, -0.2) is 0 Å². The number of methoxy groups -OCH3 is 1. The summed E-state index contributed by atoms with van der Waals surface area (Å²) < 4.78 is 5.40. The fourth-order valence-electron chi connectivity index (χ4n) is 6.22. The van der Waals surface area contributed by atoms with Gasteiger partial charge in [-0.2, -0.15) is 0 Å². The Hall–Kier alpha value is -1.06. The molecule has 2 saturated carbocycles. The highest BCUT2D eigenvalue weighted by atomic mass is 16.5. The van der Waals surface area contributed by atoms with E-state index in [4.69, 9.17) is 4.74 Å². The molecule has 3 aliphatic rings. The molecular formula is C20H29NO2. The van der Waals surface area contributed by atoms with Crippen LogP contribution in [0, 0.1) is 17.3 Å². The van der Waals surface area contributed by atoms with Crippen LogP contribution in [0.4, 0.5) is 0 Å². The van der Waals surface area contributed by atoms with Crippen molar-refractivity contribution in [3.8, 4) is 5.75 Å². The van der Waals surface area contributed by atoms with Gasteiger partial charge in [-0.15, -0.1) is 0 Å². The van der Waals surface area contributed by atoms with Crippen molar-refractivity contribution in [1.82, 2.24) is 5.32 Å². The van der Waals surface area contributed by atoms with Crippen molar-refractivity contribution < 1.29 is 9.84 Å². The summed E-state index contributed by atoms with van der Waals surface area (Å²) in [5, 5.41) is 14.0. The number of aliphatic hydroxyl groups is 1. The maximum Gasteiger partial charge on any atom is 0.119 e. The Balaban J connectivity index is 1.67. The molecule has 2 fully saturated rings. The molecule has 0 saturated heterocycles. The Morgan fingerprint density at radius 3 is 2.87 bits per heavy atom. The van der Waals surface area contributed by atoms with E-state index in [2.05, 4.69) is 30.4 Å². The third kappa shape index (κ3) is 2.16. The van der Waals surface area contributed by atoms with Crippen molar-refractivity contribution in [2.75, 3.05) is 14.2 Å². The third-order valence-electron chi connectivity index (χ3n) is 7.27. The second-order valence-corrected chi connectivity index (χ2v) is 8.09. The Morgan fingerprint density at radius 1 is 1.30 bits per heavy atom. The molecule has 4 rings (SSSR count). The fourth-order valence-corrected chi connectivity index (χ4v) is 6.22. The second-order valence-electron chi connectivity index (χ2n) is 8.09. The number of aliphatic hydroxyl groups excluding tert-OH is 1. The van der Waals surface area contributed by atoms with Crippen LogP contribution in [0.1, 0.15) is 49.7 Å². The Kier molecular flexibility index (Phi) is 3.69. The molecule has 3 aliphatic carbocycles. The summed E-state index contributed by atoms with van der Waals surface area (Å²) in [6, 6.07) is 6.91. The highest BCUT2D eigenvalue weighted by Crippen LogP contribution is 2.60. The number of hydrogen-bond donors (Lipinski definition) is 2. The minimum atomic E-state index is -0.189. The lowest BCUT2D eigenvalue weighted by atomic mass is 9.55. The first kappa shape index (κ1) is 15.5. The molecule has 0 spiro atoms. The van der Waals surface area contributed by atoms with Crippen LogP contribution in [0.2, 0.25) is 0 Å². The van der Waals surface area contributed by atoms with Crippen LogP contribution < -0.4 is 10.1 Å². The maximum absolute atomic E-state index is 10.6. The van der Waals surface area contributed by atoms with Gasteiger partial charge in [0, 0.05) is 6.04 Å². The predicted octanol–water partition coefficient (Wildman–Crippen LogP) is 3.11. The van der Waals surface area contributed by atoms with Crippen LogP contribution >= 0.6 is 0 Å². The first-order chi connectivity index (χ1) is 11.1. The van der Waals surface area contributed by atoms with Crippen molar-refractivity contribution >= 4 is 0 Å². The zero-order valence-electron chi connectivity index (χ0n) is 14.5. The van der Waals surface area contributed by atoms with Crippen LogP contribution in [0.15, 0.2) is 18.2 Å². The second kappa shape index (κ2) is 5.49. The van der Waals surface area contributed by atoms with E-state index in [0.29, 0.717) is 11.8 Å². The number of ether oxygens (including phenoxy) is 1. The summed E-state index contributed by atoms with van der Waals surface area (Å²) in [5.74, 6) is 3.02. The first-order valence-electron chi connectivity index (χ1n) is 9.10. The molecule has 0 unspecified atom stereocenters. The molecule has 3 nitrogen and oxygen atoms in total. The van der Waals surface area contributed by atoms with E-state index in [1.807, 2.05) is 7.05 Å². The average Bonchev–Trinajstić information content (AvgIpc) is 2.83. The molecule has 0 bridgehead atoms. The molecule has 0 radical (unpaired) electrons.